The van der Waals surface area contributed by atoms with Gasteiger partial charge in [0.2, 0.25) is 5.89 Å². The highest BCUT2D eigenvalue weighted by Crippen LogP contribution is 2.28. The number of ether oxygens (including phenoxy) is 1. The number of piperidine rings is 1. The zero-order valence-electron chi connectivity index (χ0n) is 16.4. The number of aryl methyl sites for hydroxylation is 1. The van der Waals surface area contributed by atoms with Crippen molar-refractivity contribution in [3.8, 4) is 23.0 Å². The van der Waals surface area contributed by atoms with Crippen LogP contribution in [0.2, 0.25) is 0 Å². The largest absolute Gasteiger partial charge is 0.457 e. The molecule has 2 N–H and O–H groups in total. The second kappa shape index (κ2) is 10.6. The van der Waals surface area contributed by atoms with E-state index in [1.165, 1.54) is 0 Å². The van der Waals surface area contributed by atoms with E-state index in [0.717, 1.165) is 61.0 Å². The van der Waals surface area contributed by atoms with Crippen molar-refractivity contribution in [2.75, 3.05) is 13.1 Å². The molecule has 0 unspecified atom stereocenters. The molecule has 1 aliphatic heterocycles. The van der Waals surface area contributed by atoms with Crippen molar-refractivity contribution in [3.63, 3.8) is 0 Å². The first-order chi connectivity index (χ1) is 13.2. The molecule has 2 heterocycles. The second-order valence-corrected chi connectivity index (χ2v) is 7.08. The van der Waals surface area contributed by atoms with Crippen LogP contribution < -0.4 is 10.5 Å². The van der Waals surface area contributed by atoms with Crippen molar-refractivity contribution in [1.29, 1.82) is 0 Å². The predicted molar refractivity (Wildman–Crippen MR) is 120 cm³/mol. The smallest absolute Gasteiger partial charge is 0.226 e. The van der Waals surface area contributed by atoms with E-state index in [2.05, 4.69) is 4.90 Å². The second-order valence-electron chi connectivity index (χ2n) is 7.08. The highest BCUT2D eigenvalue weighted by Gasteiger charge is 2.19. The average Bonchev–Trinajstić information content (AvgIpc) is 3.05. The van der Waals surface area contributed by atoms with Crippen LogP contribution in [0.15, 0.2) is 59.0 Å². The number of halogens is 2. The van der Waals surface area contributed by atoms with Crippen molar-refractivity contribution < 1.29 is 9.15 Å². The van der Waals surface area contributed by atoms with Crippen molar-refractivity contribution in [3.05, 3.63) is 66.1 Å². The minimum absolute atomic E-state index is 0. The van der Waals surface area contributed by atoms with Crippen LogP contribution in [-0.2, 0) is 6.54 Å². The van der Waals surface area contributed by atoms with Gasteiger partial charge in [-0.05, 0) is 50.1 Å². The van der Waals surface area contributed by atoms with E-state index in [1.807, 2.05) is 61.5 Å². The Balaban J connectivity index is 0.00000150. The Kier molecular flexibility index (Phi) is 8.53. The first-order valence-corrected chi connectivity index (χ1v) is 9.45. The van der Waals surface area contributed by atoms with Gasteiger partial charge in [0.25, 0.3) is 0 Å². The minimum Gasteiger partial charge on any atom is -0.457 e. The number of aromatic nitrogens is 1. The SMILES string of the molecule is Cc1oc(-c2cccc(Oc3ccccc3)c2)nc1CN1CCC(N)CC1.Cl.Cl. The summed E-state index contributed by atoms with van der Waals surface area (Å²) < 4.78 is 11.9. The lowest BCUT2D eigenvalue weighted by Gasteiger charge is -2.29. The van der Waals surface area contributed by atoms with E-state index in [4.69, 9.17) is 19.9 Å². The van der Waals surface area contributed by atoms with Gasteiger partial charge in [-0.3, -0.25) is 4.90 Å². The van der Waals surface area contributed by atoms with Gasteiger partial charge < -0.3 is 14.9 Å². The molecule has 1 aromatic heterocycles. The molecule has 1 saturated heterocycles. The zero-order valence-corrected chi connectivity index (χ0v) is 18.0. The molecular formula is C22H27Cl2N3O2. The first kappa shape index (κ1) is 23.2. The maximum atomic E-state index is 6.00. The fourth-order valence-electron chi connectivity index (χ4n) is 3.34. The number of hydrogen-bond donors (Lipinski definition) is 1. The molecule has 4 rings (SSSR count). The van der Waals surface area contributed by atoms with Crippen LogP contribution in [0.3, 0.4) is 0 Å². The summed E-state index contributed by atoms with van der Waals surface area (Å²) in [6.07, 6.45) is 2.09. The Morgan fingerprint density at radius 1 is 1.03 bits per heavy atom. The van der Waals surface area contributed by atoms with Gasteiger partial charge in [-0.1, -0.05) is 24.3 Å². The molecule has 3 aromatic rings. The van der Waals surface area contributed by atoms with Gasteiger partial charge in [0.15, 0.2) is 0 Å². The van der Waals surface area contributed by atoms with Crippen molar-refractivity contribution in [2.24, 2.45) is 5.73 Å². The fraction of sp³-hybridized carbons (Fsp3) is 0.318. The quantitative estimate of drug-likeness (QED) is 0.595. The van der Waals surface area contributed by atoms with Gasteiger partial charge in [-0.15, -0.1) is 24.8 Å². The normalized spacial score (nSPS) is 14.7. The van der Waals surface area contributed by atoms with E-state index in [1.54, 1.807) is 0 Å². The van der Waals surface area contributed by atoms with E-state index < -0.39 is 0 Å². The van der Waals surface area contributed by atoms with Crippen LogP contribution in [0.5, 0.6) is 11.5 Å². The third kappa shape index (κ3) is 5.97. The maximum absolute atomic E-state index is 6.00. The number of likely N-dealkylation sites (tertiary alicyclic amines) is 1. The van der Waals surface area contributed by atoms with Crippen LogP contribution in [0.1, 0.15) is 24.3 Å². The molecule has 0 spiro atoms. The lowest BCUT2D eigenvalue weighted by molar-refractivity contribution is 0.203. The molecule has 29 heavy (non-hydrogen) atoms. The van der Waals surface area contributed by atoms with E-state index in [9.17, 15) is 0 Å². The maximum Gasteiger partial charge on any atom is 0.226 e. The van der Waals surface area contributed by atoms with Gasteiger partial charge in [0.05, 0.1) is 5.69 Å². The monoisotopic (exact) mass is 435 g/mol. The summed E-state index contributed by atoms with van der Waals surface area (Å²) >= 11 is 0. The summed E-state index contributed by atoms with van der Waals surface area (Å²) in [4.78, 5) is 7.14. The Morgan fingerprint density at radius 3 is 2.45 bits per heavy atom. The van der Waals surface area contributed by atoms with E-state index >= 15 is 0 Å². The Bertz CT molecular complexity index is 894. The van der Waals surface area contributed by atoms with Crippen LogP contribution >= 0.6 is 24.8 Å². The molecular weight excluding hydrogens is 409 g/mol. The number of oxazole rings is 1. The van der Waals surface area contributed by atoms with Crippen LogP contribution in [0.4, 0.5) is 0 Å². The Hall–Kier alpha value is -2.05. The number of hydrogen-bond acceptors (Lipinski definition) is 5. The minimum atomic E-state index is 0. The van der Waals surface area contributed by atoms with Crippen LogP contribution in [0, 0.1) is 6.92 Å². The summed E-state index contributed by atoms with van der Waals surface area (Å²) in [7, 11) is 0. The fourth-order valence-corrected chi connectivity index (χ4v) is 3.34. The highest BCUT2D eigenvalue weighted by molar-refractivity contribution is 5.85. The molecule has 0 amide bonds. The van der Waals surface area contributed by atoms with Crippen LogP contribution in [-0.4, -0.2) is 29.0 Å². The molecule has 0 bridgehead atoms. The van der Waals surface area contributed by atoms with Gasteiger partial charge >= 0.3 is 0 Å². The third-order valence-corrected chi connectivity index (χ3v) is 4.96. The Morgan fingerprint density at radius 2 is 1.72 bits per heavy atom. The number of nitrogens with two attached hydrogens (primary N) is 1. The number of nitrogens with zero attached hydrogens (tertiary/aromatic N) is 2. The van der Waals surface area contributed by atoms with Gasteiger partial charge in [-0.25, -0.2) is 4.98 Å². The molecule has 1 fully saturated rings. The first-order valence-electron chi connectivity index (χ1n) is 9.45. The third-order valence-electron chi connectivity index (χ3n) is 4.96. The zero-order chi connectivity index (χ0) is 18.6. The van der Waals surface area contributed by atoms with Gasteiger partial charge in [-0.2, -0.15) is 0 Å². The van der Waals surface area contributed by atoms with Crippen LogP contribution in [0.25, 0.3) is 11.5 Å². The number of rotatable bonds is 5. The van der Waals surface area contributed by atoms with Gasteiger partial charge in [0.1, 0.15) is 17.3 Å². The average molecular weight is 436 g/mol. The lowest BCUT2D eigenvalue weighted by atomic mass is 10.1. The Labute approximate surface area is 184 Å². The molecule has 5 nitrogen and oxygen atoms in total. The molecule has 0 saturated carbocycles. The molecule has 7 heteroatoms. The summed E-state index contributed by atoms with van der Waals surface area (Å²) in [5.41, 5.74) is 7.91. The molecule has 156 valence electrons. The summed E-state index contributed by atoms with van der Waals surface area (Å²) in [5, 5.41) is 0. The molecule has 1 aliphatic rings. The van der Waals surface area contributed by atoms with E-state index in [0.29, 0.717) is 11.9 Å². The molecule has 0 radical (unpaired) electrons. The highest BCUT2D eigenvalue weighted by atomic mass is 35.5. The lowest BCUT2D eigenvalue weighted by Crippen LogP contribution is -2.39. The van der Waals surface area contributed by atoms with Crippen molar-refractivity contribution in [2.45, 2.75) is 32.4 Å². The molecule has 0 atom stereocenters. The number of benzene rings is 2. The summed E-state index contributed by atoms with van der Waals surface area (Å²) in [6, 6.07) is 17.9. The predicted octanol–water partition coefficient (Wildman–Crippen LogP) is 5.21. The number of para-hydroxylation sites is 1. The summed E-state index contributed by atoms with van der Waals surface area (Å²) in [5.74, 6) is 3.08. The molecule has 2 aromatic carbocycles. The summed E-state index contributed by atoms with van der Waals surface area (Å²) in [6.45, 7) is 4.82. The van der Waals surface area contributed by atoms with Crippen molar-refractivity contribution in [1.82, 2.24) is 9.88 Å². The standard InChI is InChI=1S/C22H25N3O2.2ClH/c1-16-21(15-25-12-10-18(23)11-13-25)24-22(26-16)17-6-5-9-20(14-17)27-19-7-3-2-4-8-19;;/h2-9,14,18H,10-13,15,23H2,1H3;2*1H. The topological polar surface area (TPSA) is 64.5 Å². The van der Waals surface area contributed by atoms with Crippen molar-refractivity contribution >= 4 is 24.8 Å². The van der Waals surface area contributed by atoms with E-state index in [-0.39, 0.29) is 24.8 Å². The van der Waals surface area contributed by atoms with Gasteiger partial charge in [0, 0.05) is 31.2 Å². The molecule has 0 aliphatic carbocycles.